The van der Waals surface area contributed by atoms with Gasteiger partial charge in [-0.3, -0.25) is 4.90 Å². The van der Waals surface area contributed by atoms with Gasteiger partial charge in [-0.1, -0.05) is 0 Å². The molecule has 0 amide bonds. The second-order valence-corrected chi connectivity index (χ2v) is 5.90. The van der Waals surface area contributed by atoms with Gasteiger partial charge in [-0.25, -0.2) is 15.0 Å². The maximum atomic E-state index is 5.49. The van der Waals surface area contributed by atoms with Crippen LogP contribution in [0, 0.1) is 0 Å². The molecule has 0 saturated heterocycles. The SMILES string of the molecule is c1cnc(NCc2ncn3c2CN(Cc2ccco2)CCC3)nc1. The number of nitrogens with one attached hydrogen (secondary N) is 1. The van der Waals surface area contributed by atoms with Gasteiger partial charge in [0, 0.05) is 32.0 Å². The zero-order chi connectivity index (χ0) is 16.2. The summed E-state index contributed by atoms with van der Waals surface area (Å²) >= 11 is 0. The van der Waals surface area contributed by atoms with Gasteiger partial charge in [0.2, 0.25) is 5.95 Å². The number of anilines is 1. The van der Waals surface area contributed by atoms with Crippen molar-refractivity contribution in [2.24, 2.45) is 0 Å². The topological polar surface area (TPSA) is 72.0 Å². The van der Waals surface area contributed by atoms with Crippen LogP contribution in [-0.2, 0) is 26.2 Å². The molecule has 124 valence electrons. The predicted octanol–water partition coefficient (Wildman–Crippen LogP) is 2.28. The Bertz CT molecular complexity index is 768. The Morgan fingerprint density at radius 1 is 1.12 bits per heavy atom. The summed E-state index contributed by atoms with van der Waals surface area (Å²) in [6.45, 7) is 4.37. The average molecular weight is 324 g/mol. The van der Waals surface area contributed by atoms with Crippen molar-refractivity contribution < 1.29 is 4.42 Å². The normalized spacial score (nSPS) is 15.0. The molecule has 7 heteroatoms. The molecule has 0 radical (unpaired) electrons. The summed E-state index contributed by atoms with van der Waals surface area (Å²) in [4.78, 5) is 15.4. The van der Waals surface area contributed by atoms with Gasteiger partial charge >= 0.3 is 0 Å². The van der Waals surface area contributed by atoms with Crippen LogP contribution in [0.2, 0.25) is 0 Å². The van der Waals surface area contributed by atoms with Gasteiger partial charge in [-0.2, -0.15) is 0 Å². The van der Waals surface area contributed by atoms with Crippen LogP contribution in [-0.4, -0.2) is 31.0 Å². The van der Waals surface area contributed by atoms with Crippen molar-refractivity contribution in [3.8, 4) is 0 Å². The molecule has 0 unspecified atom stereocenters. The van der Waals surface area contributed by atoms with Crippen molar-refractivity contribution in [3.05, 3.63) is 60.3 Å². The molecule has 0 spiro atoms. The lowest BCUT2D eigenvalue weighted by atomic mass is 10.3. The summed E-state index contributed by atoms with van der Waals surface area (Å²) in [5, 5.41) is 3.24. The van der Waals surface area contributed by atoms with E-state index < -0.39 is 0 Å². The van der Waals surface area contributed by atoms with E-state index in [0.717, 1.165) is 44.1 Å². The van der Waals surface area contributed by atoms with E-state index in [4.69, 9.17) is 4.42 Å². The number of furan rings is 1. The van der Waals surface area contributed by atoms with Gasteiger partial charge in [0.1, 0.15) is 5.76 Å². The van der Waals surface area contributed by atoms with E-state index in [1.54, 1.807) is 24.7 Å². The molecule has 0 aromatic carbocycles. The number of nitrogens with zero attached hydrogens (tertiary/aromatic N) is 5. The number of rotatable bonds is 5. The van der Waals surface area contributed by atoms with Crippen LogP contribution < -0.4 is 5.32 Å². The first kappa shape index (κ1) is 14.9. The second-order valence-electron chi connectivity index (χ2n) is 5.90. The Balaban J connectivity index is 1.47. The molecule has 0 atom stereocenters. The lowest BCUT2D eigenvalue weighted by Gasteiger charge is -2.18. The minimum Gasteiger partial charge on any atom is -0.468 e. The quantitative estimate of drug-likeness (QED) is 0.776. The maximum Gasteiger partial charge on any atom is 0.222 e. The van der Waals surface area contributed by atoms with Crippen LogP contribution in [0.4, 0.5) is 5.95 Å². The fourth-order valence-corrected chi connectivity index (χ4v) is 3.04. The molecule has 24 heavy (non-hydrogen) atoms. The third kappa shape index (κ3) is 3.30. The van der Waals surface area contributed by atoms with Crippen LogP contribution in [0.25, 0.3) is 0 Å². The van der Waals surface area contributed by atoms with Crippen LogP contribution in [0.15, 0.2) is 47.6 Å². The van der Waals surface area contributed by atoms with E-state index in [-0.39, 0.29) is 0 Å². The highest BCUT2D eigenvalue weighted by molar-refractivity contribution is 5.26. The Kier molecular flexibility index (Phi) is 4.24. The van der Waals surface area contributed by atoms with Crippen molar-refractivity contribution >= 4 is 5.95 Å². The fraction of sp³-hybridized carbons (Fsp3) is 0.353. The van der Waals surface area contributed by atoms with Gasteiger partial charge in [0.05, 0.1) is 37.1 Å². The molecule has 0 aliphatic carbocycles. The molecule has 7 nitrogen and oxygen atoms in total. The summed E-state index contributed by atoms with van der Waals surface area (Å²) in [5.74, 6) is 1.63. The third-order valence-corrected chi connectivity index (χ3v) is 4.22. The van der Waals surface area contributed by atoms with Gasteiger partial charge < -0.3 is 14.3 Å². The van der Waals surface area contributed by atoms with Crippen molar-refractivity contribution in [2.45, 2.75) is 32.6 Å². The number of aromatic nitrogens is 4. The van der Waals surface area contributed by atoms with E-state index in [1.807, 2.05) is 18.5 Å². The number of hydrogen-bond acceptors (Lipinski definition) is 6. The summed E-state index contributed by atoms with van der Waals surface area (Å²) in [5.41, 5.74) is 2.30. The molecule has 3 aromatic heterocycles. The first-order valence-electron chi connectivity index (χ1n) is 8.17. The number of imidazole rings is 1. The van der Waals surface area contributed by atoms with Crippen molar-refractivity contribution in [2.75, 3.05) is 11.9 Å². The molecular weight excluding hydrogens is 304 g/mol. The number of fused-ring (bicyclic) bond motifs is 1. The monoisotopic (exact) mass is 324 g/mol. The maximum absolute atomic E-state index is 5.49. The molecule has 1 aliphatic heterocycles. The van der Waals surface area contributed by atoms with E-state index in [0.29, 0.717) is 12.5 Å². The lowest BCUT2D eigenvalue weighted by molar-refractivity contribution is 0.238. The van der Waals surface area contributed by atoms with E-state index in [2.05, 4.69) is 29.7 Å². The van der Waals surface area contributed by atoms with Gasteiger partial charge in [0.15, 0.2) is 0 Å². The molecule has 0 bridgehead atoms. The highest BCUT2D eigenvalue weighted by Gasteiger charge is 2.19. The Morgan fingerprint density at radius 2 is 2.04 bits per heavy atom. The second kappa shape index (κ2) is 6.84. The third-order valence-electron chi connectivity index (χ3n) is 4.22. The molecule has 1 N–H and O–H groups in total. The summed E-state index contributed by atoms with van der Waals surface area (Å²) < 4.78 is 7.74. The molecule has 3 aromatic rings. The minimum atomic E-state index is 0.625. The van der Waals surface area contributed by atoms with Gasteiger partial charge in [-0.05, 0) is 24.6 Å². The molecule has 1 aliphatic rings. The van der Waals surface area contributed by atoms with Crippen LogP contribution in [0.1, 0.15) is 23.6 Å². The first-order valence-corrected chi connectivity index (χ1v) is 8.17. The van der Waals surface area contributed by atoms with E-state index in [9.17, 15) is 0 Å². The largest absolute Gasteiger partial charge is 0.468 e. The van der Waals surface area contributed by atoms with Gasteiger partial charge in [-0.15, -0.1) is 0 Å². The number of aryl methyl sites for hydroxylation is 1. The van der Waals surface area contributed by atoms with E-state index >= 15 is 0 Å². The molecule has 0 saturated carbocycles. The summed E-state index contributed by atoms with van der Waals surface area (Å²) in [7, 11) is 0. The van der Waals surface area contributed by atoms with E-state index in [1.165, 1.54) is 5.69 Å². The van der Waals surface area contributed by atoms with Gasteiger partial charge in [0.25, 0.3) is 0 Å². The number of hydrogen-bond donors (Lipinski definition) is 1. The predicted molar refractivity (Wildman–Crippen MR) is 89.0 cm³/mol. The highest BCUT2D eigenvalue weighted by atomic mass is 16.3. The molecule has 4 heterocycles. The smallest absolute Gasteiger partial charge is 0.222 e. The standard InChI is InChI=1S/C17H20N6O/c1-4-14(24-9-1)11-22-7-3-8-23-13-21-15(16(23)12-22)10-20-17-18-5-2-6-19-17/h1-2,4-6,9,13H,3,7-8,10-12H2,(H,18,19,20). The zero-order valence-electron chi connectivity index (χ0n) is 13.4. The Labute approximate surface area is 140 Å². The van der Waals surface area contributed by atoms with Crippen molar-refractivity contribution in [3.63, 3.8) is 0 Å². The lowest BCUT2D eigenvalue weighted by Crippen LogP contribution is -2.23. The van der Waals surface area contributed by atoms with Crippen molar-refractivity contribution in [1.82, 2.24) is 24.4 Å². The molecule has 4 rings (SSSR count). The van der Waals surface area contributed by atoms with Crippen LogP contribution in [0.5, 0.6) is 0 Å². The highest BCUT2D eigenvalue weighted by Crippen LogP contribution is 2.19. The Morgan fingerprint density at radius 3 is 2.88 bits per heavy atom. The molecular formula is C17H20N6O. The van der Waals surface area contributed by atoms with Crippen molar-refractivity contribution in [1.29, 1.82) is 0 Å². The minimum absolute atomic E-state index is 0.625. The average Bonchev–Trinajstić information content (AvgIpc) is 3.20. The van der Waals surface area contributed by atoms with Crippen LogP contribution in [0.3, 0.4) is 0 Å². The van der Waals surface area contributed by atoms with Crippen LogP contribution >= 0.6 is 0 Å². The Hall–Kier alpha value is -2.67. The molecule has 0 fully saturated rings. The fourth-order valence-electron chi connectivity index (χ4n) is 3.04. The first-order chi connectivity index (χ1) is 11.9. The summed E-state index contributed by atoms with van der Waals surface area (Å²) in [6, 6.07) is 5.77. The summed E-state index contributed by atoms with van der Waals surface area (Å²) in [6.07, 6.45) is 8.24. The zero-order valence-corrected chi connectivity index (χ0v) is 13.4.